The van der Waals surface area contributed by atoms with Crippen LogP contribution >= 0.6 is 11.8 Å². The molecule has 30 heavy (non-hydrogen) atoms. The second kappa shape index (κ2) is 9.58. The maximum atomic E-state index is 12.6. The predicted octanol–water partition coefficient (Wildman–Crippen LogP) is 2.97. The van der Waals surface area contributed by atoms with Crippen LogP contribution in [0.1, 0.15) is 34.1 Å². The molecule has 2 aromatic carbocycles. The highest BCUT2D eigenvalue weighted by molar-refractivity contribution is 8.00. The van der Waals surface area contributed by atoms with Crippen molar-refractivity contribution < 1.29 is 28.7 Å². The van der Waals surface area contributed by atoms with Gasteiger partial charge in [-0.15, -0.1) is 11.8 Å². The van der Waals surface area contributed by atoms with E-state index in [2.05, 4.69) is 0 Å². The Morgan fingerprint density at radius 2 is 1.80 bits per heavy atom. The van der Waals surface area contributed by atoms with Crippen LogP contribution in [0.25, 0.3) is 0 Å². The van der Waals surface area contributed by atoms with Crippen molar-refractivity contribution in [3.63, 3.8) is 0 Å². The number of nitrogens with zero attached hydrogens (tertiary/aromatic N) is 1. The number of likely N-dealkylation sites (tertiary alicyclic amines) is 1. The van der Waals surface area contributed by atoms with Crippen molar-refractivity contribution in [3.8, 4) is 5.75 Å². The van der Waals surface area contributed by atoms with Crippen LogP contribution in [-0.4, -0.2) is 54.0 Å². The molecule has 0 radical (unpaired) electrons. The molecular formula is C22H21NO6S. The zero-order chi connectivity index (χ0) is 21.7. The van der Waals surface area contributed by atoms with Gasteiger partial charge in [0.2, 0.25) is 11.8 Å². The molecule has 7 nitrogen and oxygen atoms in total. The van der Waals surface area contributed by atoms with E-state index >= 15 is 0 Å². The first kappa shape index (κ1) is 21.6. The van der Waals surface area contributed by atoms with Gasteiger partial charge in [-0.2, -0.15) is 0 Å². The van der Waals surface area contributed by atoms with Gasteiger partial charge in [0, 0.05) is 23.9 Å². The van der Waals surface area contributed by atoms with Crippen molar-refractivity contribution in [2.45, 2.75) is 23.5 Å². The van der Waals surface area contributed by atoms with E-state index in [-0.39, 0.29) is 29.6 Å². The Hall–Kier alpha value is -3.13. The third-order valence-electron chi connectivity index (χ3n) is 4.54. The van der Waals surface area contributed by atoms with Crippen LogP contribution in [0, 0.1) is 0 Å². The SMILES string of the molecule is CCOc1ccc(C(=O)COC(=O)c2ccccc2SC2CC(=O)N(C)C2=O)cc1. The molecule has 1 saturated heterocycles. The fraction of sp³-hybridized carbons (Fsp3) is 0.273. The Morgan fingerprint density at radius 1 is 1.10 bits per heavy atom. The second-order valence-corrected chi connectivity index (χ2v) is 7.80. The lowest BCUT2D eigenvalue weighted by molar-refractivity contribution is -0.136. The summed E-state index contributed by atoms with van der Waals surface area (Å²) < 4.78 is 10.5. The molecule has 0 aliphatic carbocycles. The van der Waals surface area contributed by atoms with Gasteiger partial charge < -0.3 is 9.47 Å². The number of ketones is 1. The van der Waals surface area contributed by atoms with Gasteiger partial charge in [-0.05, 0) is 43.3 Å². The molecule has 156 valence electrons. The number of rotatable bonds is 8. The van der Waals surface area contributed by atoms with Crippen molar-refractivity contribution in [1.82, 2.24) is 4.90 Å². The minimum absolute atomic E-state index is 0.0829. The molecule has 1 aliphatic heterocycles. The number of imide groups is 1. The zero-order valence-corrected chi connectivity index (χ0v) is 17.4. The minimum atomic E-state index is -0.664. The van der Waals surface area contributed by atoms with E-state index in [1.165, 1.54) is 7.05 Å². The number of carbonyl (C=O) groups excluding carboxylic acids is 4. The van der Waals surface area contributed by atoms with E-state index in [4.69, 9.17) is 9.47 Å². The highest BCUT2D eigenvalue weighted by Gasteiger charge is 2.37. The third-order valence-corrected chi connectivity index (χ3v) is 5.80. The molecule has 8 heteroatoms. The van der Waals surface area contributed by atoms with Crippen LogP contribution in [0.4, 0.5) is 0 Å². The van der Waals surface area contributed by atoms with Gasteiger partial charge in [-0.3, -0.25) is 19.3 Å². The van der Waals surface area contributed by atoms with Gasteiger partial charge in [0.25, 0.3) is 0 Å². The molecule has 1 atom stereocenters. The number of hydrogen-bond donors (Lipinski definition) is 0. The summed E-state index contributed by atoms with van der Waals surface area (Å²) in [6, 6.07) is 13.2. The van der Waals surface area contributed by atoms with Crippen LogP contribution in [0.15, 0.2) is 53.4 Å². The van der Waals surface area contributed by atoms with Gasteiger partial charge >= 0.3 is 5.97 Å². The number of thioether (sulfide) groups is 1. The van der Waals surface area contributed by atoms with Crippen molar-refractivity contribution in [1.29, 1.82) is 0 Å². The summed E-state index contributed by atoms with van der Waals surface area (Å²) in [7, 11) is 1.44. The largest absolute Gasteiger partial charge is 0.494 e. The molecule has 0 saturated carbocycles. The lowest BCUT2D eigenvalue weighted by Gasteiger charge is -2.12. The number of carbonyl (C=O) groups is 4. The number of Topliss-reactive ketones (excluding diaryl/α,β-unsaturated/α-hetero) is 1. The summed E-state index contributed by atoms with van der Waals surface area (Å²) in [6.07, 6.45) is 0.0829. The molecule has 0 N–H and O–H groups in total. The standard InChI is InChI=1S/C22H21NO6S/c1-3-28-15-10-8-14(9-11-15)17(24)13-29-22(27)16-6-4-5-7-18(16)30-19-12-20(25)23(2)21(19)26/h4-11,19H,3,12-13H2,1-2H3. The normalized spacial score (nSPS) is 15.9. The van der Waals surface area contributed by atoms with E-state index in [0.29, 0.717) is 22.8 Å². The second-order valence-electron chi connectivity index (χ2n) is 6.55. The molecule has 1 heterocycles. The zero-order valence-electron chi connectivity index (χ0n) is 16.6. The van der Waals surface area contributed by atoms with Crippen molar-refractivity contribution in [3.05, 3.63) is 59.7 Å². The number of hydrogen-bond acceptors (Lipinski definition) is 7. The number of amides is 2. The molecule has 1 unspecified atom stereocenters. The number of ether oxygens (including phenoxy) is 2. The molecule has 2 amide bonds. The van der Waals surface area contributed by atoms with Gasteiger partial charge in [0.15, 0.2) is 12.4 Å². The summed E-state index contributed by atoms with van der Waals surface area (Å²) in [6.45, 7) is 1.99. The van der Waals surface area contributed by atoms with E-state index in [0.717, 1.165) is 16.7 Å². The lowest BCUT2D eigenvalue weighted by atomic mass is 10.1. The summed E-state index contributed by atoms with van der Waals surface area (Å²) in [5.74, 6) is -0.892. The number of benzene rings is 2. The predicted molar refractivity (Wildman–Crippen MR) is 111 cm³/mol. The number of esters is 1. The van der Waals surface area contributed by atoms with E-state index in [9.17, 15) is 19.2 Å². The maximum Gasteiger partial charge on any atom is 0.339 e. The summed E-state index contributed by atoms with van der Waals surface area (Å²) in [4.78, 5) is 50.4. The van der Waals surface area contributed by atoms with Gasteiger partial charge in [0.1, 0.15) is 5.75 Å². The summed E-state index contributed by atoms with van der Waals surface area (Å²) >= 11 is 1.15. The Bertz CT molecular complexity index is 972. The Kier molecular flexibility index (Phi) is 6.89. The third kappa shape index (κ3) is 4.88. The monoisotopic (exact) mass is 427 g/mol. The first-order valence-electron chi connectivity index (χ1n) is 9.40. The smallest absolute Gasteiger partial charge is 0.339 e. The van der Waals surface area contributed by atoms with E-state index in [1.807, 2.05) is 6.92 Å². The highest BCUT2D eigenvalue weighted by atomic mass is 32.2. The molecule has 1 aliphatic rings. The van der Waals surface area contributed by atoms with Crippen LogP contribution in [-0.2, 0) is 14.3 Å². The average molecular weight is 427 g/mol. The molecule has 0 spiro atoms. The molecule has 0 aromatic heterocycles. The summed E-state index contributed by atoms with van der Waals surface area (Å²) in [5.41, 5.74) is 0.656. The Balaban J connectivity index is 1.64. The molecule has 2 aromatic rings. The molecule has 1 fully saturated rings. The van der Waals surface area contributed by atoms with Gasteiger partial charge in [-0.1, -0.05) is 12.1 Å². The molecule has 0 bridgehead atoms. The Morgan fingerprint density at radius 3 is 2.43 bits per heavy atom. The van der Waals surface area contributed by atoms with Crippen molar-refractivity contribution in [2.75, 3.05) is 20.3 Å². The Labute approximate surface area is 178 Å². The molecule has 3 rings (SSSR count). The van der Waals surface area contributed by atoms with Crippen molar-refractivity contribution >= 4 is 35.3 Å². The van der Waals surface area contributed by atoms with Crippen LogP contribution in [0.5, 0.6) is 5.75 Å². The minimum Gasteiger partial charge on any atom is -0.494 e. The first-order chi connectivity index (χ1) is 14.4. The topological polar surface area (TPSA) is 90.0 Å². The average Bonchev–Trinajstić information content (AvgIpc) is 2.99. The fourth-order valence-corrected chi connectivity index (χ4v) is 4.13. The van der Waals surface area contributed by atoms with Crippen LogP contribution in [0.3, 0.4) is 0 Å². The quantitative estimate of drug-likeness (QED) is 0.363. The van der Waals surface area contributed by atoms with Crippen molar-refractivity contribution in [2.24, 2.45) is 0 Å². The van der Waals surface area contributed by atoms with E-state index in [1.54, 1.807) is 48.5 Å². The summed E-state index contributed by atoms with van der Waals surface area (Å²) in [5, 5.41) is -0.582. The fourth-order valence-electron chi connectivity index (χ4n) is 2.90. The van der Waals surface area contributed by atoms with Crippen LogP contribution < -0.4 is 4.74 Å². The lowest BCUT2D eigenvalue weighted by Crippen LogP contribution is -2.26. The van der Waals surface area contributed by atoms with E-state index < -0.39 is 17.8 Å². The van der Waals surface area contributed by atoms with Crippen LogP contribution in [0.2, 0.25) is 0 Å². The highest BCUT2D eigenvalue weighted by Crippen LogP contribution is 2.33. The maximum absolute atomic E-state index is 12.6. The molecular weight excluding hydrogens is 406 g/mol. The van der Waals surface area contributed by atoms with Gasteiger partial charge in [-0.25, -0.2) is 4.79 Å². The first-order valence-corrected chi connectivity index (χ1v) is 10.3. The van der Waals surface area contributed by atoms with Gasteiger partial charge in [0.05, 0.1) is 17.4 Å².